The molecule has 0 radical (unpaired) electrons. The standard InChI is InChI=1S/C9H8N2O2.C6H7N3O2.C3H6O.2ClH.Zn.H2/c1-6-5-7-3-2-4-8(11(12)13)9(7)10-6;7-8-5-3-1-2-4-6(5)9(10)11;1-3(2)4;;;;/h2-5,10H,1H3;1-4,8H,7H2;1-2H3;2*1H;;1H/q;;;;;+2;/p-2/i;;;;;;1+1. The molecule has 0 bridgehead atoms. The van der Waals surface area contributed by atoms with E-state index in [9.17, 15) is 25.0 Å². The summed E-state index contributed by atoms with van der Waals surface area (Å²) < 4.78 is 0. The predicted octanol–water partition coefficient (Wildman–Crippen LogP) is 5.48. The van der Waals surface area contributed by atoms with Crippen LogP contribution in [-0.4, -0.2) is 20.6 Å². The summed E-state index contributed by atoms with van der Waals surface area (Å²) in [7, 11) is 9.90. The zero-order valence-corrected chi connectivity index (χ0v) is 21.6. The van der Waals surface area contributed by atoms with Gasteiger partial charge in [0.1, 0.15) is 17.0 Å². The number of benzene rings is 2. The van der Waals surface area contributed by atoms with Crippen LogP contribution in [0.1, 0.15) is 21.0 Å². The van der Waals surface area contributed by atoms with Crippen LogP contribution in [0, 0.1) is 27.2 Å². The van der Waals surface area contributed by atoms with Gasteiger partial charge in [-0.15, -0.1) is 0 Å². The Balaban J connectivity index is 0. The number of para-hydroxylation sites is 3. The number of hydrogen-bond acceptors (Lipinski definition) is 7. The molecule has 166 valence electrons. The first-order chi connectivity index (χ1) is 14.6. The number of Topliss-reactive ketones (excluding diaryl/α,β-unsaturated/α-hetero) is 1. The number of nitrogens with two attached hydrogens (primary N) is 1. The van der Waals surface area contributed by atoms with Gasteiger partial charge < -0.3 is 15.2 Å². The van der Waals surface area contributed by atoms with Crippen molar-refractivity contribution in [2.45, 2.75) is 20.8 Å². The molecular weight excluding hydrogens is 503 g/mol. The molecule has 4 N–H and O–H groups in total. The molecule has 0 atom stereocenters. The molecule has 2 aromatic carbocycles. The first kappa shape index (κ1) is 28.4. The topological polar surface area (TPSA) is 157 Å². The second-order valence-corrected chi connectivity index (χ2v) is 10.5. The Labute approximate surface area is 195 Å². The molecule has 0 saturated carbocycles. The molecule has 10 nitrogen and oxygen atoms in total. The number of aryl methyl sites for hydroxylation is 1. The second-order valence-electron chi connectivity index (χ2n) is 5.88. The van der Waals surface area contributed by atoms with Crippen molar-refractivity contribution in [2.75, 3.05) is 5.43 Å². The van der Waals surface area contributed by atoms with Crippen molar-refractivity contribution in [2.24, 2.45) is 5.84 Å². The van der Waals surface area contributed by atoms with E-state index in [1.807, 2.05) is 19.1 Å². The molecule has 0 saturated heterocycles. The SMILES string of the molecule is CC(C)=O.Cc1cc2cccc([N+](=O)[O-])c2[nH]1.NNc1ccccc1[N+](=O)[O-].[2HH].[Cl][Zn][Cl]. The van der Waals surface area contributed by atoms with Crippen molar-refractivity contribution in [1.82, 2.24) is 4.98 Å². The Morgan fingerprint density at radius 3 is 2.00 bits per heavy atom. The quantitative estimate of drug-likeness (QED) is 0.176. The summed E-state index contributed by atoms with van der Waals surface area (Å²) >= 11 is -0.931. The zero-order chi connectivity index (χ0) is 24.0. The van der Waals surface area contributed by atoms with Gasteiger partial charge in [-0.25, -0.2) is 0 Å². The number of carbonyl (C=O) groups excluding carboxylic acids is 1. The third-order valence-electron chi connectivity index (χ3n) is 3.22. The van der Waals surface area contributed by atoms with Crippen LogP contribution in [0.4, 0.5) is 17.1 Å². The van der Waals surface area contributed by atoms with Crippen molar-refractivity contribution in [3.8, 4) is 0 Å². The summed E-state index contributed by atoms with van der Waals surface area (Å²) in [5, 5.41) is 21.8. The van der Waals surface area contributed by atoms with Crippen LogP contribution in [0.5, 0.6) is 0 Å². The van der Waals surface area contributed by atoms with Gasteiger partial charge in [0.15, 0.2) is 0 Å². The number of aromatic amines is 1. The molecule has 3 rings (SSSR count). The van der Waals surface area contributed by atoms with Gasteiger partial charge in [-0.05, 0) is 32.9 Å². The minimum absolute atomic E-state index is 0. The van der Waals surface area contributed by atoms with Gasteiger partial charge in [0, 0.05) is 24.6 Å². The van der Waals surface area contributed by atoms with E-state index in [0.29, 0.717) is 11.2 Å². The summed E-state index contributed by atoms with van der Waals surface area (Å²) in [6, 6.07) is 13.1. The Hall–Kier alpha value is -2.59. The number of nitrogen functional groups attached to an aromatic ring is 1. The molecule has 0 amide bonds. The summed E-state index contributed by atoms with van der Waals surface area (Å²) in [4.78, 5) is 32.4. The first-order valence-electron chi connectivity index (χ1n) is 8.60. The summed E-state index contributed by atoms with van der Waals surface area (Å²) in [6.07, 6.45) is 0. The van der Waals surface area contributed by atoms with Crippen molar-refractivity contribution in [3.63, 3.8) is 0 Å². The number of nitro groups is 2. The fourth-order valence-corrected chi connectivity index (χ4v) is 2.19. The van der Waals surface area contributed by atoms with E-state index in [-0.39, 0.29) is 23.5 Å². The van der Waals surface area contributed by atoms with Gasteiger partial charge in [-0.2, -0.15) is 0 Å². The average Bonchev–Trinajstić information content (AvgIpc) is 3.08. The summed E-state index contributed by atoms with van der Waals surface area (Å²) in [6.45, 7) is 4.93. The predicted molar refractivity (Wildman–Crippen MR) is 121 cm³/mol. The first-order valence-corrected chi connectivity index (χ1v) is 16.4. The van der Waals surface area contributed by atoms with Crippen molar-refractivity contribution in [3.05, 3.63) is 74.5 Å². The maximum atomic E-state index is 10.6. The van der Waals surface area contributed by atoms with Crippen LogP contribution < -0.4 is 11.3 Å². The number of halogens is 2. The summed E-state index contributed by atoms with van der Waals surface area (Å²) in [5.74, 6) is 5.20. The van der Waals surface area contributed by atoms with Crippen molar-refractivity contribution >= 4 is 53.1 Å². The Morgan fingerprint density at radius 2 is 1.55 bits per heavy atom. The number of hydrogen-bond donors (Lipinski definition) is 3. The number of hydrazine groups is 1. The number of rotatable bonds is 3. The number of non-ortho nitro benzene ring substituents is 1. The Kier molecular flexibility index (Phi) is 14.0. The minimum atomic E-state index is -0.931. The second kappa shape index (κ2) is 15.3. The van der Waals surface area contributed by atoms with E-state index < -0.39 is 20.1 Å². The fraction of sp³-hybridized carbons (Fsp3) is 0.167. The van der Waals surface area contributed by atoms with E-state index in [0.717, 1.165) is 11.1 Å². The number of nitrogens with one attached hydrogen (secondary N) is 2. The molecule has 0 spiro atoms. The summed E-state index contributed by atoms with van der Waals surface area (Å²) in [5.41, 5.74) is 4.20. The van der Waals surface area contributed by atoms with Gasteiger partial charge in [-0.1, -0.05) is 24.3 Å². The Bertz CT molecular complexity index is 1020. The molecule has 0 fully saturated rings. The van der Waals surface area contributed by atoms with Crippen molar-refractivity contribution < 1.29 is 31.2 Å². The number of carbonyl (C=O) groups is 1. The molecule has 0 unspecified atom stereocenters. The van der Waals surface area contributed by atoms with Crippen LogP contribution in [0.25, 0.3) is 10.9 Å². The molecular formula is C18H23Cl2N5O5Zn. The van der Waals surface area contributed by atoms with Crippen LogP contribution in [0.15, 0.2) is 48.5 Å². The number of ketones is 1. The molecule has 0 aliphatic carbocycles. The van der Waals surface area contributed by atoms with E-state index in [1.54, 1.807) is 18.2 Å². The van der Waals surface area contributed by atoms with Gasteiger partial charge in [-0.3, -0.25) is 26.1 Å². The van der Waals surface area contributed by atoms with E-state index in [2.05, 4.69) is 10.4 Å². The normalized spacial score (nSPS) is 8.84. The Morgan fingerprint density at radius 1 is 1.06 bits per heavy atom. The molecule has 1 aromatic heterocycles. The van der Waals surface area contributed by atoms with Gasteiger partial charge in [0.2, 0.25) is 0 Å². The maximum absolute atomic E-state index is 10.6. The molecule has 31 heavy (non-hydrogen) atoms. The fourth-order valence-electron chi connectivity index (χ4n) is 2.19. The van der Waals surface area contributed by atoms with E-state index >= 15 is 0 Å². The molecule has 1 heterocycles. The van der Waals surface area contributed by atoms with Crippen LogP contribution in [-0.2, 0) is 19.9 Å². The number of aromatic nitrogens is 1. The third-order valence-corrected chi connectivity index (χ3v) is 3.22. The third kappa shape index (κ3) is 10.8. The van der Waals surface area contributed by atoms with Crippen molar-refractivity contribution in [1.29, 1.82) is 0 Å². The molecule has 0 aliphatic heterocycles. The average molecular weight is 527 g/mol. The van der Waals surface area contributed by atoms with E-state index in [1.165, 1.54) is 32.0 Å². The number of nitro benzene ring substituents is 2. The molecule has 0 aliphatic rings. The van der Waals surface area contributed by atoms with Crippen LogP contribution >= 0.6 is 19.4 Å². The van der Waals surface area contributed by atoms with Gasteiger partial charge in [0.05, 0.1) is 9.85 Å². The molecule has 3 aromatic rings. The van der Waals surface area contributed by atoms with Gasteiger partial charge in [0.25, 0.3) is 11.4 Å². The van der Waals surface area contributed by atoms with E-state index in [4.69, 9.17) is 25.2 Å². The number of fused-ring (bicyclic) bond motifs is 1. The monoisotopic (exact) mass is 524 g/mol. The van der Waals surface area contributed by atoms with Gasteiger partial charge >= 0.3 is 34.5 Å². The zero-order valence-electron chi connectivity index (χ0n) is 17.1. The number of anilines is 1. The molecule has 13 heteroatoms. The van der Waals surface area contributed by atoms with Crippen LogP contribution in [0.2, 0.25) is 0 Å². The number of nitrogens with zero attached hydrogens (tertiary/aromatic N) is 2. The number of H-pyrrole nitrogens is 1. The van der Waals surface area contributed by atoms with Crippen LogP contribution in [0.3, 0.4) is 0 Å².